The van der Waals surface area contributed by atoms with Gasteiger partial charge in [0.15, 0.2) is 0 Å². The Hall–Kier alpha value is -2.46. The molecule has 0 unspecified atom stereocenters. The van der Waals surface area contributed by atoms with Crippen LogP contribution in [-0.4, -0.2) is 63.9 Å². The van der Waals surface area contributed by atoms with Crippen molar-refractivity contribution >= 4 is 33.4 Å². The maximum atomic E-state index is 13.0. The highest BCUT2D eigenvalue weighted by Crippen LogP contribution is 2.27. The van der Waals surface area contributed by atoms with Crippen LogP contribution in [0.4, 0.5) is 0 Å². The second kappa shape index (κ2) is 12.3. The lowest BCUT2D eigenvalue weighted by atomic mass is 9.89. The van der Waals surface area contributed by atoms with E-state index in [0.29, 0.717) is 43.0 Å². The zero-order valence-electron chi connectivity index (χ0n) is 19.1. The summed E-state index contributed by atoms with van der Waals surface area (Å²) in [6, 6.07) is 14.0. The molecule has 0 radical (unpaired) electrons. The van der Waals surface area contributed by atoms with Crippen molar-refractivity contribution < 1.29 is 22.7 Å². The van der Waals surface area contributed by atoms with Gasteiger partial charge < -0.3 is 15.4 Å². The van der Waals surface area contributed by atoms with Crippen LogP contribution in [0.15, 0.2) is 59.5 Å². The number of amides is 2. The van der Waals surface area contributed by atoms with Gasteiger partial charge in [-0.2, -0.15) is 4.31 Å². The molecule has 1 saturated heterocycles. The molecule has 2 aromatic rings. The molecule has 3 rings (SSSR count). The van der Waals surface area contributed by atoms with Crippen LogP contribution in [0.3, 0.4) is 0 Å². The van der Waals surface area contributed by atoms with E-state index in [2.05, 4.69) is 10.6 Å². The molecule has 2 amide bonds. The quantitative estimate of drug-likeness (QED) is 0.481. The summed E-state index contributed by atoms with van der Waals surface area (Å²) < 4.78 is 32.4. The number of halogens is 1. The molecule has 1 heterocycles. The van der Waals surface area contributed by atoms with E-state index in [4.69, 9.17) is 16.3 Å². The van der Waals surface area contributed by atoms with Gasteiger partial charge in [0.05, 0.1) is 4.90 Å². The number of rotatable bonds is 10. The predicted octanol–water partition coefficient (Wildman–Crippen LogP) is 2.69. The third-order valence-electron chi connectivity index (χ3n) is 5.85. The molecule has 1 aliphatic rings. The first-order valence-electron chi connectivity index (χ1n) is 11.2. The molecule has 10 heteroatoms. The maximum absolute atomic E-state index is 13.0. The molecule has 2 aromatic carbocycles. The lowest BCUT2D eigenvalue weighted by molar-refractivity contribution is -0.124. The van der Waals surface area contributed by atoms with Crippen molar-refractivity contribution in [3.8, 4) is 0 Å². The molecule has 34 heavy (non-hydrogen) atoms. The number of carbonyl (C=O) groups excluding carboxylic acids is 2. The Morgan fingerprint density at radius 2 is 1.74 bits per heavy atom. The van der Waals surface area contributed by atoms with Crippen molar-refractivity contribution in [2.45, 2.75) is 30.2 Å². The van der Waals surface area contributed by atoms with Crippen molar-refractivity contribution in [3.63, 3.8) is 0 Å². The highest BCUT2D eigenvalue weighted by Gasteiger charge is 2.36. The van der Waals surface area contributed by atoms with Crippen molar-refractivity contribution in [3.05, 3.63) is 65.2 Å². The Bertz CT molecular complexity index is 1060. The average Bonchev–Trinajstić information content (AvgIpc) is 2.86. The first-order chi connectivity index (χ1) is 16.3. The summed E-state index contributed by atoms with van der Waals surface area (Å²) in [5, 5.41) is 6.20. The fraction of sp³-hybridized carbons (Fsp3) is 0.417. The van der Waals surface area contributed by atoms with Gasteiger partial charge in [0.25, 0.3) is 5.91 Å². The molecule has 0 spiro atoms. The Morgan fingerprint density at radius 1 is 1.09 bits per heavy atom. The lowest BCUT2D eigenvalue weighted by Crippen LogP contribution is -2.54. The summed E-state index contributed by atoms with van der Waals surface area (Å²) in [7, 11) is -2.07. The van der Waals surface area contributed by atoms with Crippen LogP contribution in [0.2, 0.25) is 5.02 Å². The summed E-state index contributed by atoms with van der Waals surface area (Å²) in [5.41, 5.74) is 0.461. The van der Waals surface area contributed by atoms with Crippen LogP contribution in [0.1, 0.15) is 29.6 Å². The number of benzene rings is 2. The summed E-state index contributed by atoms with van der Waals surface area (Å²) >= 11 is 5.88. The Morgan fingerprint density at radius 3 is 2.35 bits per heavy atom. The van der Waals surface area contributed by atoms with Gasteiger partial charge in [-0.15, -0.1) is 0 Å². The molecule has 0 saturated carbocycles. The standard InChI is InChI=1S/C24H30ClN3O5S/c1-33-17-5-14-26-24(30)22(27-23(29)19-6-3-2-4-7-19)18-12-15-28(16-13-18)34(31,32)21-10-8-20(25)9-11-21/h2-4,6-11,18,22H,5,12-17H2,1H3,(H,26,30)(H,27,29)/t22-/m0/s1. The number of sulfonamides is 1. The molecule has 0 bridgehead atoms. The highest BCUT2D eigenvalue weighted by atomic mass is 35.5. The smallest absolute Gasteiger partial charge is 0.251 e. The minimum absolute atomic E-state index is 0.181. The van der Waals surface area contributed by atoms with Gasteiger partial charge in [-0.1, -0.05) is 29.8 Å². The third-order valence-corrected chi connectivity index (χ3v) is 8.02. The van der Waals surface area contributed by atoms with Crippen LogP contribution in [0.5, 0.6) is 0 Å². The first kappa shape index (κ1) is 26.2. The van der Waals surface area contributed by atoms with Gasteiger partial charge >= 0.3 is 0 Å². The Labute approximate surface area is 205 Å². The largest absolute Gasteiger partial charge is 0.385 e. The fourth-order valence-corrected chi connectivity index (χ4v) is 5.55. The zero-order chi connectivity index (χ0) is 24.6. The van der Waals surface area contributed by atoms with E-state index < -0.39 is 16.1 Å². The van der Waals surface area contributed by atoms with Gasteiger partial charge in [-0.3, -0.25) is 9.59 Å². The van der Waals surface area contributed by atoms with Gasteiger partial charge in [0, 0.05) is 43.9 Å². The molecule has 1 fully saturated rings. The number of nitrogens with one attached hydrogen (secondary N) is 2. The van der Waals surface area contributed by atoms with E-state index in [0.717, 1.165) is 0 Å². The molecular formula is C24H30ClN3O5S. The van der Waals surface area contributed by atoms with E-state index in [-0.39, 0.29) is 35.7 Å². The van der Waals surface area contributed by atoms with Gasteiger partial charge in [-0.05, 0) is 61.6 Å². The van der Waals surface area contributed by atoms with Crippen molar-refractivity contribution in [2.24, 2.45) is 5.92 Å². The normalized spacial score (nSPS) is 16.1. The van der Waals surface area contributed by atoms with Crippen molar-refractivity contribution in [1.82, 2.24) is 14.9 Å². The van der Waals surface area contributed by atoms with Crippen LogP contribution < -0.4 is 10.6 Å². The number of carbonyl (C=O) groups is 2. The number of ether oxygens (including phenoxy) is 1. The fourth-order valence-electron chi connectivity index (χ4n) is 3.95. The predicted molar refractivity (Wildman–Crippen MR) is 130 cm³/mol. The zero-order valence-corrected chi connectivity index (χ0v) is 20.6. The first-order valence-corrected chi connectivity index (χ1v) is 13.0. The molecule has 0 aromatic heterocycles. The van der Waals surface area contributed by atoms with E-state index in [1.807, 2.05) is 6.07 Å². The number of hydrogen-bond donors (Lipinski definition) is 2. The summed E-state index contributed by atoms with van der Waals surface area (Å²) in [4.78, 5) is 26.0. The number of nitrogens with zero attached hydrogens (tertiary/aromatic N) is 1. The topological polar surface area (TPSA) is 105 Å². The maximum Gasteiger partial charge on any atom is 0.251 e. The highest BCUT2D eigenvalue weighted by molar-refractivity contribution is 7.89. The summed E-state index contributed by atoms with van der Waals surface area (Å²) in [6.45, 7) is 1.45. The molecule has 0 aliphatic carbocycles. The molecule has 184 valence electrons. The molecule has 1 aliphatic heterocycles. The molecule has 1 atom stereocenters. The van der Waals surface area contributed by atoms with E-state index in [9.17, 15) is 18.0 Å². The average molecular weight is 508 g/mol. The van der Waals surface area contributed by atoms with Gasteiger partial charge in [0.2, 0.25) is 15.9 Å². The van der Waals surface area contributed by atoms with Crippen LogP contribution in [-0.2, 0) is 19.6 Å². The van der Waals surface area contributed by atoms with Crippen LogP contribution in [0.25, 0.3) is 0 Å². The SMILES string of the molecule is COCCCNC(=O)[C@@H](NC(=O)c1ccccc1)C1CCN(S(=O)(=O)c2ccc(Cl)cc2)CC1. The molecular weight excluding hydrogens is 478 g/mol. The van der Waals surface area contributed by atoms with Crippen molar-refractivity contribution in [1.29, 1.82) is 0 Å². The minimum Gasteiger partial charge on any atom is -0.385 e. The summed E-state index contributed by atoms with van der Waals surface area (Å²) in [5.74, 6) is -0.819. The van der Waals surface area contributed by atoms with Crippen molar-refractivity contribution in [2.75, 3.05) is 33.4 Å². The van der Waals surface area contributed by atoms with E-state index >= 15 is 0 Å². The van der Waals surface area contributed by atoms with E-state index in [1.54, 1.807) is 43.5 Å². The van der Waals surface area contributed by atoms with Crippen LogP contribution in [0, 0.1) is 5.92 Å². The van der Waals surface area contributed by atoms with Gasteiger partial charge in [0.1, 0.15) is 6.04 Å². The third kappa shape index (κ3) is 6.79. The lowest BCUT2D eigenvalue weighted by Gasteiger charge is -2.35. The Kier molecular flexibility index (Phi) is 9.46. The number of methoxy groups -OCH3 is 1. The molecule has 8 nitrogen and oxygen atoms in total. The Balaban J connectivity index is 1.69. The van der Waals surface area contributed by atoms with E-state index in [1.165, 1.54) is 16.4 Å². The monoisotopic (exact) mass is 507 g/mol. The molecule has 2 N–H and O–H groups in total. The number of piperidine rings is 1. The second-order valence-electron chi connectivity index (χ2n) is 8.15. The number of hydrogen-bond acceptors (Lipinski definition) is 5. The summed E-state index contributed by atoms with van der Waals surface area (Å²) in [6.07, 6.45) is 1.54. The van der Waals surface area contributed by atoms with Crippen LogP contribution >= 0.6 is 11.6 Å². The minimum atomic E-state index is -3.66. The van der Waals surface area contributed by atoms with Gasteiger partial charge in [-0.25, -0.2) is 8.42 Å². The second-order valence-corrected chi connectivity index (χ2v) is 10.5.